The van der Waals surface area contributed by atoms with Gasteiger partial charge in [-0.3, -0.25) is 0 Å². The topological polar surface area (TPSA) is 52.6 Å². The van der Waals surface area contributed by atoms with E-state index in [9.17, 15) is 0 Å². The molecule has 0 atom stereocenters. The summed E-state index contributed by atoms with van der Waals surface area (Å²) in [6, 6.07) is 72.9. The summed E-state index contributed by atoms with van der Waals surface area (Å²) < 4.78 is 26.9. The fraction of sp³-hybridized carbons (Fsp3) is 0. The van der Waals surface area contributed by atoms with E-state index >= 15 is 0 Å². The van der Waals surface area contributed by atoms with Crippen molar-refractivity contribution in [3.8, 4) is 44.5 Å². The number of para-hydroxylation sites is 5. The van der Waals surface area contributed by atoms with Gasteiger partial charge >= 0.3 is 0 Å². The third-order valence-electron chi connectivity index (χ3n) is 13.9. The Morgan fingerprint density at radius 3 is 1.26 bits per heavy atom. The van der Waals surface area contributed by atoms with Gasteiger partial charge in [0, 0.05) is 65.3 Å². The predicted molar refractivity (Wildman–Crippen MR) is 272 cm³/mol. The Morgan fingerprint density at radius 2 is 0.621 bits per heavy atom. The smallest absolute Gasteiger partial charge is 0.143 e. The molecular formula is C62H34O4. The average Bonchev–Trinajstić information content (AvgIpc) is 4.16. The third kappa shape index (κ3) is 4.87. The van der Waals surface area contributed by atoms with Gasteiger partial charge in [-0.05, 0) is 92.3 Å². The lowest BCUT2D eigenvalue weighted by atomic mass is 9.83. The highest BCUT2D eigenvalue weighted by atomic mass is 16.3. The lowest BCUT2D eigenvalue weighted by Crippen LogP contribution is -1.93. The van der Waals surface area contributed by atoms with E-state index in [-0.39, 0.29) is 0 Å². The summed E-state index contributed by atoms with van der Waals surface area (Å²) in [5, 5.41) is 13.3. The quantitative estimate of drug-likeness (QED) is 0.166. The molecule has 0 radical (unpaired) electrons. The van der Waals surface area contributed by atoms with Gasteiger partial charge < -0.3 is 17.7 Å². The maximum absolute atomic E-state index is 7.03. The van der Waals surface area contributed by atoms with Crippen LogP contribution in [0.1, 0.15) is 0 Å². The second kappa shape index (κ2) is 13.3. The second-order valence-corrected chi connectivity index (χ2v) is 17.4. The lowest BCUT2D eigenvalue weighted by molar-refractivity contribution is 0.668. The molecule has 11 aromatic carbocycles. The highest BCUT2D eigenvalue weighted by Gasteiger charge is 2.26. The maximum Gasteiger partial charge on any atom is 0.143 e. The minimum atomic E-state index is 0.844. The van der Waals surface area contributed by atoms with Gasteiger partial charge in [-0.15, -0.1) is 0 Å². The van der Waals surface area contributed by atoms with Crippen LogP contribution in [0.2, 0.25) is 0 Å². The summed E-state index contributed by atoms with van der Waals surface area (Å²) in [6.45, 7) is 0. The van der Waals surface area contributed by atoms with Crippen LogP contribution < -0.4 is 0 Å². The van der Waals surface area contributed by atoms with Gasteiger partial charge in [-0.1, -0.05) is 158 Å². The molecule has 0 unspecified atom stereocenters. The van der Waals surface area contributed by atoms with Crippen LogP contribution in [0.4, 0.5) is 0 Å². The van der Waals surface area contributed by atoms with Crippen molar-refractivity contribution in [2.75, 3.05) is 0 Å². The van der Waals surface area contributed by atoms with Crippen molar-refractivity contribution in [2.24, 2.45) is 0 Å². The zero-order chi connectivity index (χ0) is 43.0. The first-order valence-electron chi connectivity index (χ1n) is 22.4. The first-order chi connectivity index (χ1) is 32.7. The van der Waals surface area contributed by atoms with Crippen molar-refractivity contribution in [1.82, 2.24) is 0 Å². The van der Waals surface area contributed by atoms with Gasteiger partial charge in [0.2, 0.25) is 0 Å². The Morgan fingerprint density at radius 1 is 0.212 bits per heavy atom. The van der Waals surface area contributed by atoms with Crippen LogP contribution in [0.25, 0.3) is 154 Å². The molecule has 0 saturated heterocycles. The molecule has 0 N–H and O–H groups in total. The maximum atomic E-state index is 7.03. The molecule has 0 saturated carbocycles. The van der Waals surface area contributed by atoms with E-state index in [2.05, 4.69) is 170 Å². The molecule has 15 rings (SSSR count). The number of benzene rings is 11. The van der Waals surface area contributed by atoms with Gasteiger partial charge in [0.15, 0.2) is 0 Å². The highest BCUT2D eigenvalue weighted by Crippen LogP contribution is 2.52. The van der Waals surface area contributed by atoms with Crippen molar-refractivity contribution in [3.05, 3.63) is 206 Å². The van der Waals surface area contributed by atoms with Crippen molar-refractivity contribution in [1.29, 1.82) is 0 Å². The molecule has 0 aliphatic rings. The molecule has 15 aromatic rings. The van der Waals surface area contributed by atoms with Crippen LogP contribution in [0.3, 0.4) is 0 Å². The molecule has 4 heterocycles. The summed E-state index contributed by atoms with van der Waals surface area (Å²) >= 11 is 0. The van der Waals surface area contributed by atoms with Crippen molar-refractivity contribution in [2.45, 2.75) is 0 Å². The molecule has 4 nitrogen and oxygen atoms in total. The van der Waals surface area contributed by atoms with Gasteiger partial charge in [0.05, 0.1) is 0 Å². The standard InChI is InChI=1S/C62H34O4/c1-3-18-42-40(16-1)56(49-32-30-36(61-59(49)48-21-8-12-27-54(48)65-61)35-28-29-39-37-14-5-9-24-51(37)63-55(39)34-35)41-17-2-4-19-43(41)57(42)50-33-31-44(58-47-20-7-11-26-53(47)66-62(50)58)46-23-13-22-45-38-15-6-10-25-52(38)64-60(45)46/h1-34H. The summed E-state index contributed by atoms with van der Waals surface area (Å²) in [6.07, 6.45) is 0. The van der Waals surface area contributed by atoms with Crippen LogP contribution in [-0.4, -0.2) is 0 Å². The van der Waals surface area contributed by atoms with Crippen LogP contribution in [0, 0.1) is 0 Å². The number of fused-ring (bicyclic) bond motifs is 14. The molecule has 306 valence electrons. The minimum Gasteiger partial charge on any atom is -0.456 e. The van der Waals surface area contributed by atoms with E-state index in [1.165, 1.54) is 0 Å². The Labute approximate surface area is 376 Å². The van der Waals surface area contributed by atoms with Crippen molar-refractivity contribution >= 4 is 109 Å². The van der Waals surface area contributed by atoms with E-state index in [4.69, 9.17) is 17.7 Å². The van der Waals surface area contributed by atoms with E-state index in [0.29, 0.717) is 0 Å². The van der Waals surface area contributed by atoms with Crippen molar-refractivity contribution in [3.63, 3.8) is 0 Å². The van der Waals surface area contributed by atoms with Gasteiger partial charge in [0.1, 0.15) is 44.7 Å². The normalized spacial score (nSPS) is 12.2. The molecule has 66 heavy (non-hydrogen) atoms. The average molecular weight is 843 g/mol. The van der Waals surface area contributed by atoms with Crippen LogP contribution in [0.15, 0.2) is 224 Å². The largest absolute Gasteiger partial charge is 0.456 e. The summed E-state index contributed by atoms with van der Waals surface area (Å²) in [7, 11) is 0. The third-order valence-corrected chi connectivity index (χ3v) is 13.9. The monoisotopic (exact) mass is 842 g/mol. The van der Waals surface area contributed by atoms with E-state index in [0.717, 1.165) is 154 Å². The predicted octanol–water partition coefficient (Wildman–Crippen LogP) is 18.3. The van der Waals surface area contributed by atoms with E-state index in [1.54, 1.807) is 0 Å². The molecule has 0 amide bonds. The molecular weight excluding hydrogens is 809 g/mol. The number of hydrogen-bond acceptors (Lipinski definition) is 4. The molecule has 0 aliphatic carbocycles. The van der Waals surface area contributed by atoms with E-state index in [1.807, 2.05) is 36.4 Å². The van der Waals surface area contributed by atoms with Crippen LogP contribution in [0.5, 0.6) is 0 Å². The molecule has 0 fully saturated rings. The number of hydrogen-bond donors (Lipinski definition) is 0. The van der Waals surface area contributed by atoms with E-state index < -0.39 is 0 Å². The molecule has 0 bridgehead atoms. The molecule has 0 spiro atoms. The zero-order valence-electron chi connectivity index (χ0n) is 35.3. The Kier molecular flexibility index (Phi) is 7.19. The molecule has 0 aliphatic heterocycles. The van der Waals surface area contributed by atoms with Gasteiger partial charge in [0.25, 0.3) is 0 Å². The van der Waals surface area contributed by atoms with Crippen LogP contribution >= 0.6 is 0 Å². The fourth-order valence-corrected chi connectivity index (χ4v) is 11.1. The summed E-state index contributed by atoms with van der Waals surface area (Å²) in [4.78, 5) is 0. The second-order valence-electron chi connectivity index (χ2n) is 17.4. The molecule has 4 heteroatoms. The minimum absolute atomic E-state index is 0.844. The molecule has 4 aromatic heterocycles. The van der Waals surface area contributed by atoms with Gasteiger partial charge in [-0.2, -0.15) is 0 Å². The first-order valence-corrected chi connectivity index (χ1v) is 22.4. The highest BCUT2D eigenvalue weighted by molar-refractivity contribution is 6.29. The number of rotatable bonds is 4. The van der Waals surface area contributed by atoms with Crippen LogP contribution in [-0.2, 0) is 0 Å². The zero-order valence-corrected chi connectivity index (χ0v) is 35.3. The Balaban J connectivity index is 1.00. The summed E-state index contributed by atoms with van der Waals surface area (Å²) in [5.74, 6) is 0. The lowest BCUT2D eigenvalue weighted by Gasteiger charge is -2.19. The first kappa shape index (κ1) is 35.6. The SMILES string of the molecule is c1ccc2c(c1)oc1cc(-c3ccc(-c4c5ccccc5c(-c5ccc(-c6cccc7c6oc6ccccc67)c6c5oc5ccccc56)c5ccccc45)c4c3oc3ccccc34)ccc12. The summed E-state index contributed by atoms with van der Waals surface area (Å²) in [5.41, 5.74) is 15.5. The van der Waals surface area contributed by atoms with Gasteiger partial charge in [-0.25, -0.2) is 0 Å². The Bertz CT molecular complexity index is 4480. The number of furan rings is 4. The fourth-order valence-electron chi connectivity index (χ4n) is 11.1. The van der Waals surface area contributed by atoms with Crippen molar-refractivity contribution < 1.29 is 17.7 Å². The Hall–Kier alpha value is -8.86.